The van der Waals surface area contributed by atoms with Gasteiger partial charge in [-0.2, -0.15) is 8.78 Å². The summed E-state index contributed by atoms with van der Waals surface area (Å²) < 4.78 is 90.6. The maximum atomic E-state index is 16.6. The maximum Gasteiger partial charge on any atom is 0.375 e. The van der Waals surface area contributed by atoms with Gasteiger partial charge in [0.05, 0.1) is 111 Å². The molecule has 18 heteroatoms. The van der Waals surface area contributed by atoms with Gasteiger partial charge >= 0.3 is 17.9 Å². The van der Waals surface area contributed by atoms with Crippen LogP contribution in [0.25, 0.3) is 0 Å². The molecule has 2 heterocycles. The molecular formula is C54H72F2N2O14+2. The molecule has 0 unspecified atom stereocenters. The predicted molar refractivity (Wildman–Crippen MR) is 265 cm³/mol. The summed E-state index contributed by atoms with van der Waals surface area (Å²) in [6, 6.07) is 14.7. The zero-order chi connectivity index (χ0) is 52.8. The van der Waals surface area contributed by atoms with E-state index in [2.05, 4.69) is 0 Å². The summed E-state index contributed by atoms with van der Waals surface area (Å²) >= 11 is 0. The Labute approximate surface area is 421 Å². The highest BCUT2D eigenvalue weighted by Crippen LogP contribution is 2.50. The number of methoxy groups -OCH3 is 10. The van der Waals surface area contributed by atoms with Gasteiger partial charge in [0.25, 0.3) is 0 Å². The lowest BCUT2D eigenvalue weighted by Crippen LogP contribution is -2.56. The van der Waals surface area contributed by atoms with Crippen molar-refractivity contribution in [1.82, 2.24) is 0 Å². The van der Waals surface area contributed by atoms with Gasteiger partial charge in [0.15, 0.2) is 46.0 Å². The van der Waals surface area contributed by atoms with E-state index in [0.29, 0.717) is 105 Å². The number of likely N-dealkylation sites (N-methyl/N-ethyl adjacent to an activating group) is 2. The van der Waals surface area contributed by atoms with Gasteiger partial charge in [0, 0.05) is 36.8 Å². The Kier molecular flexibility index (Phi) is 17.2. The van der Waals surface area contributed by atoms with E-state index < -0.39 is 36.1 Å². The zero-order valence-electron chi connectivity index (χ0n) is 43.7. The predicted octanol–water partition coefficient (Wildman–Crippen LogP) is 8.40. The van der Waals surface area contributed by atoms with E-state index >= 15 is 8.78 Å². The van der Waals surface area contributed by atoms with Crippen molar-refractivity contribution in [3.8, 4) is 57.5 Å². The van der Waals surface area contributed by atoms with Crippen molar-refractivity contribution in [1.29, 1.82) is 0 Å². The third-order valence-corrected chi connectivity index (χ3v) is 15.4. The molecule has 0 bridgehead atoms. The van der Waals surface area contributed by atoms with Gasteiger partial charge in [-0.1, -0.05) is 0 Å². The third kappa shape index (κ3) is 10.4. The Balaban J connectivity index is 1.35. The molecule has 4 atom stereocenters. The molecule has 2 aliphatic heterocycles. The van der Waals surface area contributed by atoms with Crippen LogP contribution in [-0.4, -0.2) is 148 Å². The SMILES string of the molecule is COc1cc2c(cc1OC)[C@@H](Cc1cc(OC)c(OC)c(OC)c1)[N@@+](C)(CCCC(CCC[N@@+]1(C)CCc3cc(OC)c(OC)cc3[C@H]1Cc1cc(OC)c(OC)c(OC)c1)(C(=O)O)C(F)(F)C(=O)O)CC2. The van der Waals surface area contributed by atoms with E-state index in [0.717, 1.165) is 33.4 Å². The lowest BCUT2D eigenvalue weighted by atomic mass is 9.72. The Morgan fingerprint density at radius 1 is 0.500 bits per heavy atom. The average Bonchev–Trinajstić information content (AvgIpc) is 3.38. The molecule has 0 saturated carbocycles. The number of alkyl halides is 2. The Morgan fingerprint density at radius 2 is 0.819 bits per heavy atom. The van der Waals surface area contributed by atoms with Crippen LogP contribution in [0.3, 0.4) is 0 Å². The first kappa shape index (κ1) is 54.9. The second kappa shape index (κ2) is 22.6. The van der Waals surface area contributed by atoms with Crippen LogP contribution in [0.2, 0.25) is 0 Å². The number of carbonyl (C=O) groups is 2. The first-order chi connectivity index (χ1) is 34.3. The molecule has 6 rings (SSSR count). The normalized spacial score (nSPS) is 19.5. The van der Waals surface area contributed by atoms with Crippen LogP contribution >= 0.6 is 0 Å². The van der Waals surface area contributed by atoms with Crippen molar-refractivity contribution in [2.24, 2.45) is 5.41 Å². The highest BCUT2D eigenvalue weighted by molar-refractivity contribution is 5.87. The number of nitrogens with zero attached hydrogens (tertiary/aromatic N) is 2. The summed E-state index contributed by atoms with van der Waals surface area (Å²) in [7, 11) is 19.5. The van der Waals surface area contributed by atoms with Crippen molar-refractivity contribution < 1.29 is 84.9 Å². The number of carboxylic acids is 2. The summed E-state index contributed by atoms with van der Waals surface area (Å²) in [5, 5.41) is 21.1. The second-order valence-electron chi connectivity index (χ2n) is 19.1. The lowest BCUT2D eigenvalue weighted by Gasteiger charge is -2.47. The van der Waals surface area contributed by atoms with Crippen LogP contribution in [0.15, 0.2) is 48.5 Å². The van der Waals surface area contributed by atoms with Gasteiger partial charge in [-0.3, -0.25) is 4.79 Å². The molecule has 394 valence electrons. The van der Waals surface area contributed by atoms with Crippen LogP contribution in [0.1, 0.15) is 71.1 Å². The van der Waals surface area contributed by atoms with Gasteiger partial charge in [-0.15, -0.1) is 0 Å². The van der Waals surface area contributed by atoms with Gasteiger partial charge in [-0.25, -0.2) is 4.79 Å². The summed E-state index contributed by atoms with van der Waals surface area (Å²) in [5.74, 6) is -4.08. The van der Waals surface area contributed by atoms with Crippen LogP contribution in [-0.2, 0) is 35.3 Å². The van der Waals surface area contributed by atoms with Crippen molar-refractivity contribution in [2.75, 3.05) is 111 Å². The number of carboxylic acid groups (broad SMARTS) is 2. The van der Waals surface area contributed by atoms with Crippen LogP contribution < -0.4 is 47.4 Å². The Morgan fingerprint density at radius 3 is 1.10 bits per heavy atom. The number of aliphatic carboxylic acids is 2. The number of ether oxygens (including phenoxy) is 10. The van der Waals surface area contributed by atoms with E-state index in [1.54, 1.807) is 28.4 Å². The first-order valence-electron chi connectivity index (χ1n) is 23.9. The fraction of sp³-hybridized carbons (Fsp3) is 0.519. The van der Waals surface area contributed by atoms with Crippen molar-refractivity contribution in [2.45, 2.75) is 69.4 Å². The van der Waals surface area contributed by atoms with Gasteiger partial charge in [0.2, 0.25) is 11.5 Å². The quantitative estimate of drug-likeness (QED) is 0.0608. The number of hydrogen-bond donors (Lipinski definition) is 2. The molecule has 0 amide bonds. The number of fused-ring (bicyclic) bond motifs is 2. The van der Waals surface area contributed by atoms with E-state index in [4.69, 9.17) is 47.4 Å². The summed E-state index contributed by atoms with van der Waals surface area (Å²) in [5.41, 5.74) is 2.70. The highest BCUT2D eigenvalue weighted by atomic mass is 19.3. The molecule has 2 N–H and O–H groups in total. The molecule has 0 radical (unpaired) electrons. The molecule has 0 fully saturated rings. The fourth-order valence-electron chi connectivity index (χ4n) is 11.3. The van der Waals surface area contributed by atoms with Crippen molar-refractivity contribution in [3.05, 3.63) is 81.9 Å². The summed E-state index contributed by atoms with van der Waals surface area (Å²) in [4.78, 5) is 26.2. The number of benzene rings is 4. The third-order valence-electron chi connectivity index (χ3n) is 15.4. The summed E-state index contributed by atoms with van der Waals surface area (Å²) in [6.45, 7) is 1.63. The number of halogens is 2. The lowest BCUT2D eigenvalue weighted by molar-refractivity contribution is -0.941. The van der Waals surface area contributed by atoms with Gasteiger partial charge in [0.1, 0.15) is 17.5 Å². The molecule has 0 aliphatic carbocycles. The Hall–Kier alpha value is -6.40. The molecular weight excluding hydrogens is 939 g/mol. The molecule has 4 aromatic rings. The van der Waals surface area contributed by atoms with Gasteiger partial charge in [-0.05, 0) is 96.5 Å². The number of rotatable bonds is 25. The fourth-order valence-corrected chi connectivity index (χ4v) is 11.3. The van der Waals surface area contributed by atoms with E-state index in [1.807, 2.05) is 62.6 Å². The minimum absolute atomic E-state index is 0.0229. The minimum atomic E-state index is -4.61. The van der Waals surface area contributed by atoms with Crippen LogP contribution in [0.5, 0.6) is 57.5 Å². The molecule has 0 saturated heterocycles. The maximum absolute atomic E-state index is 16.6. The van der Waals surface area contributed by atoms with E-state index in [-0.39, 0.29) is 38.0 Å². The standard InChI is InChI=1S/C54H70F2N2O14/c1-57(21-15-35-29-41(63-3)43(65-5)31-37(35)39(57)23-33-25-45(67-7)49(71-11)46(26-33)68-8)19-13-17-53(51(59)60,54(55,56)52(61)62)18-14-20-58(2)22-16-36-30-42(64-4)44(66-6)32-38(36)40(58)24-34-27-47(69-9)50(72-12)48(28-34)70-10/h25-32,39-40H,13-24H2,1-12H3/p+2/t39-,40-,57+,58+/m1/s1. The van der Waals surface area contributed by atoms with Crippen LogP contribution in [0, 0.1) is 5.41 Å². The smallest absolute Gasteiger partial charge is 0.375 e. The van der Waals surface area contributed by atoms with Crippen molar-refractivity contribution >= 4 is 11.9 Å². The molecule has 72 heavy (non-hydrogen) atoms. The van der Waals surface area contributed by atoms with Crippen molar-refractivity contribution in [3.63, 3.8) is 0 Å². The number of hydrogen-bond acceptors (Lipinski definition) is 12. The minimum Gasteiger partial charge on any atom is -0.493 e. The Bertz CT molecular complexity index is 2390. The molecule has 16 nitrogen and oxygen atoms in total. The average molecular weight is 1010 g/mol. The molecule has 4 aromatic carbocycles. The topological polar surface area (TPSA) is 167 Å². The monoisotopic (exact) mass is 1010 g/mol. The van der Waals surface area contributed by atoms with Crippen LogP contribution in [0.4, 0.5) is 8.78 Å². The molecule has 0 aromatic heterocycles. The highest BCUT2D eigenvalue weighted by Gasteiger charge is 2.64. The number of quaternary nitrogens is 2. The summed E-state index contributed by atoms with van der Waals surface area (Å²) in [6.07, 6.45) is 0.829. The van der Waals surface area contributed by atoms with E-state index in [1.165, 1.54) is 42.7 Å². The molecule has 2 aliphatic rings. The van der Waals surface area contributed by atoms with E-state index in [9.17, 15) is 19.8 Å². The molecule has 0 spiro atoms. The van der Waals surface area contributed by atoms with Gasteiger partial charge < -0.3 is 66.5 Å². The zero-order valence-corrected chi connectivity index (χ0v) is 43.7. The largest absolute Gasteiger partial charge is 0.493 e. The first-order valence-corrected chi connectivity index (χ1v) is 23.9. The second-order valence-corrected chi connectivity index (χ2v) is 19.1.